The molecular weight excluding hydrogens is 450 g/mol. The minimum absolute atomic E-state index is 0.145. The average Bonchev–Trinajstić information content (AvgIpc) is 3.28. The first kappa shape index (κ1) is 23.7. The van der Waals surface area contributed by atoms with Crippen LogP contribution in [0.1, 0.15) is 47.8 Å². The van der Waals surface area contributed by atoms with Crippen molar-refractivity contribution in [1.29, 1.82) is 0 Å². The van der Waals surface area contributed by atoms with Crippen LogP contribution in [0.15, 0.2) is 77.2 Å². The summed E-state index contributed by atoms with van der Waals surface area (Å²) in [6, 6.07) is 21.9. The minimum Gasteiger partial charge on any atom is -0.496 e. The van der Waals surface area contributed by atoms with E-state index in [0.29, 0.717) is 18.9 Å². The van der Waals surface area contributed by atoms with E-state index in [1.165, 1.54) is 18.4 Å². The van der Waals surface area contributed by atoms with Crippen LogP contribution in [-0.2, 0) is 30.8 Å². The molecule has 0 atom stereocenters. The lowest BCUT2D eigenvalue weighted by atomic mass is 9.94. The van der Waals surface area contributed by atoms with Gasteiger partial charge in [0.15, 0.2) is 0 Å². The highest BCUT2D eigenvalue weighted by Crippen LogP contribution is 2.37. The molecule has 1 aliphatic carbocycles. The first-order chi connectivity index (χ1) is 17.6. The molecule has 1 amide bonds. The van der Waals surface area contributed by atoms with Crippen LogP contribution >= 0.6 is 0 Å². The number of allylic oxidation sites excluding steroid dienone is 1. The number of fused-ring (bicyclic) bond motifs is 3. The van der Waals surface area contributed by atoms with Crippen molar-refractivity contribution >= 4 is 22.4 Å². The predicted octanol–water partition coefficient (Wildman–Crippen LogP) is 6.62. The fourth-order valence-electron chi connectivity index (χ4n) is 4.73. The molecule has 5 nitrogen and oxygen atoms in total. The molecule has 1 heterocycles. The summed E-state index contributed by atoms with van der Waals surface area (Å²) in [6.07, 6.45) is 6.00. The topological polar surface area (TPSA) is 60.7 Å². The number of furan rings is 1. The average molecular weight is 482 g/mol. The smallest absolute Gasteiger partial charge is 0.244 e. The Hall–Kier alpha value is -3.99. The maximum absolute atomic E-state index is 12.7. The lowest BCUT2D eigenvalue weighted by Gasteiger charge is -2.11. The zero-order valence-corrected chi connectivity index (χ0v) is 20.8. The van der Waals surface area contributed by atoms with Gasteiger partial charge in [0.25, 0.3) is 0 Å². The van der Waals surface area contributed by atoms with Gasteiger partial charge in [0.05, 0.1) is 7.11 Å². The molecule has 36 heavy (non-hydrogen) atoms. The zero-order chi connectivity index (χ0) is 24.9. The summed E-state index contributed by atoms with van der Waals surface area (Å²) < 4.78 is 17.6. The Labute approximate surface area is 211 Å². The predicted molar refractivity (Wildman–Crippen MR) is 142 cm³/mol. The molecule has 4 aromatic rings. The number of carbonyl (C=O) groups excluding carboxylic acids is 1. The number of methoxy groups -OCH3 is 1. The number of benzene rings is 3. The van der Waals surface area contributed by atoms with Gasteiger partial charge in [-0.15, -0.1) is 0 Å². The Kier molecular flexibility index (Phi) is 7.08. The summed E-state index contributed by atoms with van der Waals surface area (Å²) in [5, 5.41) is 4.11. The highest BCUT2D eigenvalue weighted by atomic mass is 16.5. The summed E-state index contributed by atoms with van der Waals surface area (Å²) in [5.41, 5.74) is 6.05. The Morgan fingerprint density at radius 3 is 2.56 bits per heavy atom. The van der Waals surface area contributed by atoms with Gasteiger partial charge < -0.3 is 19.2 Å². The zero-order valence-electron chi connectivity index (χ0n) is 20.8. The molecule has 5 heteroatoms. The van der Waals surface area contributed by atoms with Crippen LogP contribution in [-0.4, -0.2) is 13.0 Å². The van der Waals surface area contributed by atoms with Gasteiger partial charge in [-0.2, -0.15) is 0 Å². The van der Waals surface area contributed by atoms with Gasteiger partial charge in [0.1, 0.15) is 29.4 Å². The van der Waals surface area contributed by atoms with Gasteiger partial charge in [-0.05, 0) is 61.1 Å². The van der Waals surface area contributed by atoms with Crippen molar-refractivity contribution in [1.82, 2.24) is 5.32 Å². The van der Waals surface area contributed by atoms with Gasteiger partial charge in [0, 0.05) is 41.6 Å². The lowest BCUT2D eigenvalue weighted by Crippen LogP contribution is -2.20. The Bertz CT molecular complexity index is 1380. The molecule has 1 aromatic heterocycles. The van der Waals surface area contributed by atoms with Crippen molar-refractivity contribution in [2.45, 2.75) is 45.8 Å². The van der Waals surface area contributed by atoms with Crippen molar-refractivity contribution in [3.05, 3.63) is 101 Å². The second-order valence-corrected chi connectivity index (χ2v) is 9.22. The lowest BCUT2D eigenvalue weighted by molar-refractivity contribution is -0.116. The number of carbonyl (C=O) groups is 1. The molecule has 1 aliphatic rings. The van der Waals surface area contributed by atoms with E-state index in [1.54, 1.807) is 13.2 Å². The molecular formula is C31H31NO4. The van der Waals surface area contributed by atoms with E-state index in [1.807, 2.05) is 67.6 Å². The Morgan fingerprint density at radius 2 is 1.78 bits per heavy atom. The molecule has 0 radical (unpaired) electrons. The first-order valence-corrected chi connectivity index (χ1v) is 12.4. The van der Waals surface area contributed by atoms with E-state index < -0.39 is 0 Å². The van der Waals surface area contributed by atoms with Gasteiger partial charge in [-0.3, -0.25) is 4.79 Å². The number of rotatable bonds is 8. The maximum atomic E-state index is 12.7. The molecule has 0 saturated carbocycles. The molecule has 1 N–H and O–H groups in total. The van der Waals surface area contributed by atoms with Crippen LogP contribution in [0.2, 0.25) is 0 Å². The number of hydrogen-bond acceptors (Lipinski definition) is 4. The summed E-state index contributed by atoms with van der Waals surface area (Å²) in [4.78, 5) is 12.7. The number of ether oxygens (including phenoxy) is 2. The van der Waals surface area contributed by atoms with E-state index in [-0.39, 0.29) is 5.91 Å². The van der Waals surface area contributed by atoms with Crippen molar-refractivity contribution < 1.29 is 18.7 Å². The molecule has 0 spiro atoms. The first-order valence-electron chi connectivity index (χ1n) is 12.4. The Morgan fingerprint density at radius 1 is 1.00 bits per heavy atom. The molecule has 184 valence electrons. The van der Waals surface area contributed by atoms with Crippen LogP contribution < -0.4 is 14.8 Å². The fraction of sp³-hybridized carbons (Fsp3) is 0.258. The van der Waals surface area contributed by atoms with Gasteiger partial charge >= 0.3 is 0 Å². The summed E-state index contributed by atoms with van der Waals surface area (Å²) >= 11 is 0. The van der Waals surface area contributed by atoms with Crippen LogP contribution in [0.3, 0.4) is 0 Å². The van der Waals surface area contributed by atoms with Crippen molar-refractivity contribution in [3.8, 4) is 11.5 Å². The Balaban J connectivity index is 1.23. The van der Waals surface area contributed by atoms with E-state index in [9.17, 15) is 4.79 Å². The van der Waals surface area contributed by atoms with Gasteiger partial charge in [0.2, 0.25) is 5.91 Å². The maximum Gasteiger partial charge on any atom is 0.244 e. The highest BCUT2D eigenvalue weighted by molar-refractivity contribution is 5.97. The second-order valence-electron chi connectivity index (χ2n) is 9.22. The fourth-order valence-corrected chi connectivity index (χ4v) is 4.73. The molecule has 3 aromatic carbocycles. The monoisotopic (exact) mass is 481 g/mol. The van der Waals surface area contributed by atoms with Crippen molar-refractivity contribution in [3.63, 3.8) is 0 Å². The molecule has 0 saturated heterocycles. The van der Waals surface area contributed by atoms with Crippen LogP contribution in [0.25, 0.3) is 16.5 Å². The van der Waals surface area contributed by atoms with Crippen LogP contribution in [0.5, 0.6) is 11.5 Å². The minimum atomic E-state index is -0.145. The summed E-state index contributed by atoms with van der Waals surface area (Å²) in [7, 11) is 1.65. The van der Waals surface area contributed by atoms with E-state index in [0.717, 1.165) is 57.6 Å². The number of amides is 1. The normalized spacial score (nSPS) is 13.3. The molecule has 0 bridgehead atoms. The molecule has 0 fully saturated rings. The van der Waals surface area contributed by atoms with Crippen molar-refractivity contribution in [2.75, 3.05) is 7.11 Å². The van der Waals surface area contributed by atoms with Crippen LogP contribution in [0, 0.1) is 0 Å². The standard InChI is InChI=1S/C31H31NO4/c1-21(26-17-27-25-10-6-7-11-28(25)36-30(27)18-29(26)34-2)16-31(33)32-19-22-12-14-24(15-13-22)35-20-23-8-4-3-5-9-23/h3-5,8-9,12-18H,6-7,10-11,19-20H2,1-2H3,(H,32,33)/b21-16+. The molecule has 0 unspecified atom stereocenters. The van der Waals surface area contributed by atoms with Crippen LogP contribution in [0.4, 0.5) is 0 Å². The van der Waals surface area contributed by atoms with E-state index in [4.69, 9.17) is 13.9 Å². The van der Waals surface area contributed by atoms with E-state index in [2.05, 4.69) is 11.4 Å². The third kappa shape index (κ3) is 5.30. The highest BCUT2D eigenvalue weighted by Gasteiger charge is 2.20. The summed E-state index contributed by atoms with van der Waals surface area (Å²) in [5.74, 6) is 2.45. The van der Waals surface area contributed by atoms with Gasteiger partial charge in [-0.1, -0.05) is 42.5 Å². The second kappa shape index (κ2) is 10.7. The third-order valence-electron chi connectivity index (χ3n) is 6.69. The van der Waals surface area contributed by atoms with E-state index >= 15 is 0 Å². The number of aryl methyl sites for hydroxylation is 2. The molecule has 0 aliphatic heterocycles. The number of nitrogens with one attached hydrogen (secondary N) is 1. The van der Waals surface area contributed by atoms with Crippen molar-refractivity contribution in [2.24, 2.45) is 0 Å². The number of hydrogen-bond donors (Lipinski definition) is 1. The SMILES string of the molecule is COc1cc2oc3c(c2cc1/C(C)=C/C(=O)NCc1ccc(OCc2ccccc2)cc1)CCCC3. The quantitative estimate of drug-likeness (QED) is 0.287. The molecule has 5 rings (SSSR count). The third-order valence-corrected chi connectivity index (χ3v) is 6.69. The summed E-state index contributed by atoms with van der Waals surface area (Å²) in [6.45, 7) is 2.90. The largest absolute Gasteiger partial charge is 0.496 e. The van der Waals surface area contributed by atoms with Gasteiger partial charge in [-0.25, -0.2) is 0 Å².